The van der Waals surface area contributed by atoms with Gasteiger partial charge in [0.15, 0.2) is 0 Å². The summed E-state index contributed by atoms with van der Waals surface area (Å²) >= 11 is 0. The van der Waals surface area contributed by atoms with Gasteiger partial charge in [-0.1, -0.05) is 36.4 Å². The third kappa shape index (κ3) is 3.18. The zero-order valence-electron chi connectivity index (χ0n) is 8.68. The molecule has 2 aromatic carbocycles. The minimum absolute atomic E-state index is 0.250. The van der Waals surface area contributed by atoms with Gasteiger partial charge in [0, 0.05) is 12.2 Å². The summed E-state index contributed by atoms with van der Waals surface area (Å²) in [6.07, 6.45) is 0.867. The Morgan fingerprint density at radius 3 is 2.33 bits per heavy atom. The molecule has 15 heavy (non-hydrogen) atoms. The van der Waals surface area contributed by atoms with Crippen LogP contribution in [0.2, 0.25) is 0 Å². The molecule has 2 nitrogen and oxygen atoms in total. The van der Waals surface area contributed by atoms with Crippen LogP contribution in [0.15, 0.2) is 42.5 Å². The number of carbonyl (C=O) groups excluding carboxylic acids is 1. The average Bonchev–Trinajstić information content (AvgIpc) is 2.29. The van der Waals surface area contributed by atoms with E-state index in [4.69, 9.17) is 5.11 Å². The highest BCUT2D eigenvalue weighted by Gasteiger charge is 1.92. The smallest absolute Gasteiger partial charge is 0.150 e. The van der Waals surface area contributed by atoms with E-state index >= 15 is 0 Å². The third-order valence-electron chi connectivity index (χ3n) is 1.91. The van der Waals surface area contributed by atoms with E-state index in [0.29, 0.717) is 0 Å². The van der Waals surface area contributed by atoms with Gasteiger partial charge >= 0.3 is 0 Å². The highest BCUT2D eigenvalue weighted by molar-refractivity contribution is 5.88. The molecule has 0 atom stereocenters. The predicted octanol–water partition coefficient (Wildman–Crippen LogP) is 2.65. The zero-order valence-corrected chi connectivity index (χ0v) is 8.68. The Labute approximate surface area is 89.2 Å². The molecule has 0 amide bonds. The molecule has 0 heterocycles. The van der Waals surface area contributed by atoms with Crippen molar-refractivity contribution in [3.63, 3.8) is 0 Å². The van der Waals surface area contributed by atoms with Crippen molar-refractivity contribution >= 4 is 17.1 Å². The van der Waals surface area contributed by atoms with Crippen molar-refractivity contribution in [2.75, 3.05) is 6.61 Å². The fourth-order valence-corrected chi connectivity index (χ4v) is 1.28. The molecule has 0 aromatic heterocycles. The highest BCUT2D eigenvalue weighted by atomic mass is 16.2. The Morgan fingerprint density at radius 1 is 1.13 bits per heavy atom. The maximum Gasteiger partial charge on any atom is 0.150 e. The monoisotopic (exact) mass is 202 g/mol. The minimum Gasteiger partial charge on any atom is -0.397 e. The molecule has 0 spiro atoms. The van der Waals surface area contributed by atoms with Crippen LogP contribution < -0.4 is 0 Å². The van der Waals surface area contributed by atoms with Crippen LogP contribution in [0.5, 0.6) is 0 Å². The van der Waals surface area contributed by atoms with Gasteiger partial charge in [0.25, 0.3) is 0 Å². The van der Waals surface area contributed by atoms with Crippen LogP contribution in [-0.2, 0) is 0 Å². The molecule has 0 aliphatic rings. The lowest BCUT2D eigenvalue weighted by atomic mass is 10.1. The van der Waals surface area contributed by atoms with Gasteiger partial charge in [0.1, 0.15) is 6.29 Å². The van der Waals surface area contributed by atoms with Crippen LogP contribution in [-0.4, -0.2) is 18.0 Å². The number of aldehydes is 1. The van der Waals surface area contributed by atoms with E-state index in [1.807, 2.05) is 42.5 Å². The molecule has 0 bridgehead atoms. The van der Waals surface area contributed by atoms with E-state index in [2.05, 4.69) is 0 Å². The first kappa shape index (κ1) is 11.4. The van der Waals surface area contributed by atoms with E-state index in [0.717, 1.165) is 17.2 Å². The molecule has 0 radical (unpaired) electrons. The van der Waals surface area contributed by atoms with E-state index in [1.165, 1.54) is 5.39 Å². The van der Waals surface area contributed by atoms with Gasteiger partial charge in [-0.15, -0.1) is 0 Å². The molecular formula is C13H14O2. The van der Waals surface area contributed by atoms with Crippen LogP contribution in [0.4, 0.5) is 0 Å². The molecule has 0 fully saturated rings. The summed E-state index contributed by atoms with van der Waals surface area (Å²) in [5.41, 5.74) is 0.730. The topological polar surface area (TPSA) is 37.3 Å². The van der Waals surface area contributed by atoms with Gasteiger partial charge in [0.2, 0.25) is 0 Å². The number of hydrogen-bond donors (Lipinski definition) is 1. The Kier molecular flexibility index (Phi) is 4.51. The van der Waals surface area contributed by atoms with Gasteiger partial charge in [0.05, 0.1) is 0 Å². The summed E-state index contributed by atoms with van der Waals surface area (Å²) < 4.78 is 0. The Bertz CT molecular complexity index is 435. The van der Waals surface area contributed by atoms with Gasteiger partial charge < -0.3 is 5.11 Å². The standard InChI is InChI=1S/C11H8O.C2H6O/c12-8-9-5-6-10-3-1-2-4-11(10)7-9;1-2-3/h1-8H;3H,2H2,1H3. The van der Waals surface area contributed by atoms with Crippen LogP contribution in [0.25, 0.3) is 10.8 Å². The molecule has 2 aromatic rings. The largest absolute Gasteiger partial charge is 0.397 e. The molecule has 2 rings (SSSR count). The molecule has 2 heteroatoms. The van der Waals surface area contributed by atoms with Crippen LogP contribution >= 0.6 is 0 Å². The molecule has 0 unspecified atom stereocenters. The van der Waals surface area contributed by atoms with Gasteiger partial charge in [-0.2, -0.15) is 0 Å². The second-order valence-corrected chi connectivity index (χ2v) is 3.04. The zero-order chi connectivity index (χ0) is 11.1. The average molecular weight is 202 g/mol. The van der Waals surface area contributed by atoms with Crippen LogP contribution in [0, 0.1) is 0 Å². The summed E-state index contributed by atoms with van der Waals surface area (Å²) in [4.78, 5) is 10.5. The van der Waals surface area contributed by atoms with Gasteiger partial charge in [-0.05, 0) is 23.8 Å². The van der Waals surface area contributed by atoms with Crippen molar-refractivity contribution < 1.29 is 9.90 Å². The van der Waals surface area contributed by atoms with Crippen molar-refractivity contribution in [3.8, 4) is 0 Å². The third-order valence-corrected chi connectivity index (χ3v) is 1.91. The summed E-state index contributed by atoms with van der Waals surface area (Å²) in [7, 11) is 0. The number of benzene rings is 2. The summed E-state index contributed by atoms with van der Waals surface area (Å²) in [6, 6.07) is 13.7. The van der Waals surface area contributed by atoms with Crippen molar-refractivity contribution in [1.29, 1.82) is 0 Å². The first-order valence-corrected chi connectivity index (χ1v) is 4.86. The number of carbonyl (C=O) groups is 1. The first-order chi connectivity index (χ1) is 7.31. The number of fused-ring (bicyclic) bond motifs is 1. The van der Waals surface area contributed by atoms with E-state index in [1.54, 1.807) is 6.92 Å². The van der Waals surface area contributed by atoms with Crippen LogP contribution in [0.1, 0.15) is 17.3 Å². The lowest BCUT2D eigenvalue weighted by Gasteiger charge is -1.96. The fraction of sp³-hybridized carbons (Fsp3) is 0.154. The van der Waals surface area contributed by atoms with Crippen molar-refractivity contribution in [3.05, 3.63) is 48.0 Å². The number of aliphatic hydroxyl groups excluding tert-OH is 1. The normalized spacial score (nSPS) is 9.20. The molecule has 78 valence electrons. The van der Waals surface area contributed by atoms with Crippen molar-refractivity contribution in [2.45, 2.75) is 6.92 Å². The van der Waals surface area contributed by atoms with Crippen molar-refractivity contribution in [1.82, 2.24) is 0 Å². The molecule has 0 saturated heterocycles. The lowest BCUT2D eigenvalue weighted by molar-refractivity contribution is 0.112. The predicted molar refractivity (Wildman–Crippen MR) is 62.1 cm³/mol. The summed E-state index contributed by atoms with van der Waals surface area (Å²) in [5.74, 6) is 0. The van der Waals surface area contributed by atoms with Gasteiger partial charge in [-0.3, -0.25) is 4.79 Å². The van der Waals surface area contributed by atoms with E-state index < -0.39 is 0 Å². The van der Waals surface area contributed by atoms with Crippen molar-refractivity contribution in [2.24, 2.45) is 0 Å². The molecule has 1 N–H and O–H groups in total. The lowest BCUT2D eigenvalue weighted by Crippen LogP contribution is -1.78. The van der Waals surface area contributed by atoms with Crippen LogP contribution in [0.3, 0.4) is 0 Å². The second kappa shape index (κ2) is 5.94. The number of aliphatic hydroxyl groups is 1. The number of rotatable bonds is 1. The second-order valence-electron chi connectivity index (χ2n) is 3.04. The Balaban J connectivity index is 0.000000337. The first-order valence-electron chi connectivity index (χ1n) is 4.86. The molecule has 0 aliphatic heterocycles. The fourth-order valence-electron chi connectivity index (χ4n) is 1.28. The summed E-state index contributed by atoms with van der Waals surface area (Å²) in [6.45, 7) is 1.93. The molecule has 0 aliphatic carbocycles. The maximum absolute atomic E-state index is 10.5. The quantitative estimate of drug-likeness (QED) is 0.722. The SMILES string of the molecule is CCO.O=Cc1ccc2ccccc2c1. The highest BCUT2D eigenvalue weighted by Crippen LogP contribution is 2.14. The minimum atomic E-state index is 0.250. The molecular weight excluding hydrogens is 188 g/mol. The maximum atomic E-state index is 10.5. The number of hydrogen-bond acceptors (Lipinski definition) is 2. The Morgan fingerprint density at radius 2 is 1.73 bits per heavy atom. The Hall–Kier alpha value is -1.67. The van der Waals surface area contributed by atoms with E-state index in [9.17, 15) is 4.79 Å². The van der Waals surface area contributed by atoms with E-state index in [-0.39, 0.29) is 6.61 Å². The van der Waals surface area contributed by atoms with Gasteiger partial charge in [-0.25, -0.2) is 0 Å². The molecule has 0 saturated carbocycles. The summed E-state index contributed by atoms with van der Waals surface area (Å²) in [5, 5.41) is 9.85.